The zero-order chi connectivity index (χ0) is 16.2. The minimum Gasteiger partial charge on any atom is -0.393 e. The van der Waals surface area contributed by atoms with Gasteiger partial charge < -0.3 is 10.2 Å². The van der Waals surface area contributed by atoms with Crippen molar-refractivity contribution in [3.05, 3.63) is 0 Å². The van der Waals surface area contributed by atoms with E-state index < -0.39 is 0 Å². The maximum absolute atomic E-state index is 11.9. The number of carbonyl (C=O) groups is 1. The molecular weight excluding hydrogens is 276 g/mol. The van der Waals surface area contributed by atoms with Gasteiger partial charge in [0.05, 0.1) is 12.2 Å². The monoisotopic (exact) mass is 310 g/mol. The van der Waals surface area contributed by atoms with Crippen molar-refractivity contribution in [2.75, 3.05) is 0 Å². The Labute approximate surface area is 135 Å². The molecule has 0 spiro atoms. The maximum Gasteiger partial charge on any atom is 0.139 e. The second-order valence-electron chi connectivity index (χ2n) is 7.86. The van der Waals surface area contributed by atoms with Crippen LogP contribution in [-0.2, 0) is 4.79 Å². The molecule has 0 aromatic carbocycles. The van der Waals surface area contributed by atoms with Crippen LogP contribution >= 0.6 is 0 Å². The van der Waals surface area contributed by atoms with Crippen LogP contribution in [0.1, 0.15) is 84.5 Å². The molecule has 2 fully saturated rings. The lowest BCUT2D eigenvalue weighted by Crippen LogP contribution is -2.57. The van der Waals surface area contributed by atoms with Crippen LogP contribution in [0.25, 0.3) is 0 Å². The molecule has 2 aliphatic carbocycles. The molecule has 0 aromatic heterocycles. The zero-order valence-electron chi connectivity index (χ0n) is 14.4. The summed E-state index contributed by atoms with van der Waals surface area (Å²) in [6.45, 7) is 4.29. The molecule has 2 rings (SSSR count). The van der Waals surface area contributed by atoms with Gasteiger partial charge in [0.2, 0.25) is 0 Å². The minimum atomic E-state index is -0.275. The third-order valence-electron chi connectivity index (χ3n) is 6.31. The lowest BCUT2D eigenvalue weighted by molar-refractivity contribution is -0.161. The van der Waals surface area contributed by atoms with Crippen molar-refractivity contribution < 1.29 is 15.0 Å². The van der Waals surface area contributed by atoms with Gasteiger partial charge in [-0.3, -0.25) is 4.79 Å². The highest BCUT2D eigenvalue weighted by atomic mass is 16.3. The Kier molecular flexibility index (Phi) is 6.46. The second-order valence-corrected chi connectivity index (χ2v) is 7.86. The summed E-state index contributed by atoms with van der Waals surface area (Å²) in [5, 5.41) is 20.4. The summed E-state index contributed by atoms with van der Waals surface area (Å²) in [6.07, 6.45) is 10.4. The van der Waals surface area contributed by atoms with E-state index in [1.807, 2.05) is 0 Å². The van der Waals surface area contributed by atoms with Gasteiger partial charge in [-0.2, -0.15) is 0 Å². The number of fused-ring (bicyclic) bond motifs is 1. The van der Waals surface area contributed by atoms with Crippen LogP contribution in [0.3, 0.4) is 0 Å². The number of rotatable bonds is 9. The number of aliphatic hydroxyl groups is 2. The van der Waals surface area contributed by atoms with Gasteiger partial charge in [0.25, 0.3) is 0 Å². The predicted molar refractivity (Wildman–Crippen MR) is 88.6 cm³/mol. The summed E-state index contributed by atoms with van der Waals surface area (Å²) < 4.78 is 0. The third-order valence-corrected chi connectivity index (χ3v) is 6.31. The molecule has 0 bridgehead atoms. The van der Waals surface area contributed by atoms with Gasteiger partial charge in [-0.15, -0.1) is 0 Å². The normalized spacial score (nSPS) is 35.8. The summed E-state index contributed by atoms with van der Waals surface area (Å²) in [4.78, 5) is 11.9. The maximum atomic E-state index is 11.9. The third kappa shape index (κ3) is 3.91. The Morgan fingerprint density at radius 2 is 1.95 bits per heavy atom. The first-order valence-electron chi connectivity index (χ1n) is 9.38. The standard InChI is InChI=1S/C19H34O3/c1-3-4-5-6-7-8-14(20)9-10-15-16-13-18(22)19(16,2)12-11-17(15)21/h14-17,20-21H,3-13H2,1-2H3/t14-,15-,16-,17-,19+/m0/s1. The van der Waals surface area contributed by atoms with E-state index in [1.54, 1.807) is 0 Å². The molecule has 0 saturated heterocycles. The lowest BCUT2D eigenvalue weighted by Gasteiger charge is -2.54. The van der Waals surface area contributed by atoms with Gasteiger partial charge >= 0.3 is 0 Å². The molecule has 2 saturated carbocycles. The fourth-order valence-corrected chi connectivity index (χ4v) is 4.52. The SMILES string of the molecule is CCCCCCC[C@H](O)CC[C@@H]1[C@@H](O)CC[C@@]2(C)C(=O)C[C@@H]12. The van der Waals surface area contributed by atoms with Crippen LogP contribution in [0.15, 0.2) is 0 Å². The van der Waals surface area contributed by atoms with Crippen molar-refractivity contribution in [3.63, 3.8) is 0 Å². The Bertz CT molecular complexity index is 368. The fraction of sp³-hybridized carbons (Fsp3) is 0.947. The molecule has 5 atom stereocenters. The van der Waals surface area contributed by atoms with E-state index >= 15 is 0 Å². The van der Waals surface area contributed by atoms with Gasteiger partial charge in [-0.05, 0) is 43.9 Å². The number of aliphatic hydroxyl groups excluding tert-OH is 2. The van der Waals surface area contributed by atoms with E-state index in [-0.39, 0.29) is 23.5 Å². The summed E-state index contributed by atoms with van der Waals surface area (Å²) in [6, 6.07) is 0. The molecule has 3 nitrogen and oxygen atoms in total. The zero-order valence-corrected chi connectivity index (χ0v) is 14.4. The van der Waals surface area contributed by atoms with Crippen LogP contribution in [0.2, 0.25) is 0 Å². The lowest BCUT2D eigenvalue weighted by atomic mass is 9.49. The van der Waals surface area contributed by atoms with E-state index in [4.69, 9.17) is 0 Å². The molecule has 3 heteroatoms. The van der Waals surface area contributed by atoms with Crippen LogP contribution < -0.4 is 0 Å². The molecule has 0 heterocycles. The minimum absolute atomic E-state index is 0.172. The van der Waals surface area contributed by atoms with E-state index in [0.717, 1.165) is 38.5 Å². The van der Waals surface area contributed by atoms with Crippen molar-refractivity contribution in [1.82, 2.24) is 0 Å². The molecule has 2 N–H and O–H groups in total. The summed E-state index contributed by atoms with van der Waals surface area (Å²) >= 11 is 0. The highest BCUT2D eigenvalue weighted by Gasteiger charge is 2.57. The molecule has 0 aromatic rings. The first-order valence-corrected chi connectivity index (χ1v) is 9.38. The van der Waals surface area contributed by atoms with E-state index in [0.29, 0.717) is 18.1 Å². The predicted octanol–water partition coefficient (Wildman–Crippen LogP) is 3.85. The number of hydrogen-bond donors (Lipinski definition) is 2. The van der Waals surface area contributed by atoms with Gasteiger partial charge in [0.15, 0.2) is 0 Å². The molecule has 0 unspecified atom stereocenters. The Hall–Kier alpha value is -0.410. The van der Waals surface area contributed by atoms with Crippen LogP contribution in [0, 0.1) is 17.3 Å². The average Bonchev–Trinajstić information content (AvgIpc) is 2.50. The molecule has 0 aliphatic heterocycles. The van der Waals surface area contributed by atoms with E-state index in [2.05, 4.69) is 13.8 Å². The summed E-state index contributed by atoms with van der Waals surface area (Å²) in [7, 11) is 0. The Morgan fingerprint density at radius 3 is 2.64 bits per heavy atom. The van der Waals surface area contributed by atoms with E-state index in [1.165, 1.54) is 25.7 Å². The van der Waals surface area contributed by atoms with E-state index in [9.17, 15) is 15.0 Å². The van der Waals surface area contributed by atoms with Crippen molar-refractivity contribution in [2.24, 2.45) is 17.3 Å². The average molecular weight is 310 g/mol. The van der Waals surface area contributed by atoms with Gasteiger partial charge in [0, 0.05) is 11.8 Å². The van der Waals surface area contributed by atoms with Crippen LogP contribution in [-0.4, -0.2) is 28.2 Å². The van der Waals surface area contributed by atoms with Crippen molar-refractivity contribution >= 4 is 5.78 Å². The Balaban J connectivity index is 1.70. The second kappa shape index (κ2) is 7.92. The topological polar surface area (TPSA) is 57.5 Å². The number of unbranched alkanes of at least 4 members (excludes halogenated alkanes) is 4. The van der Waals surface area contributed by atoms with Gasteiger partial charge in [0.1, 0.15) is 5.78 Å². The molecule has 0 amide bonds. The molecule has 22 heavy (non-hydrogen) atoms. The molecule has 0 radical (unpaired) electrons. The van der Waals surface area contributed by atoms with Crippen molar-refractivity contribution in [2.45, 2.75) is 96.7 Å². The largest absolute Gasteiger partial charge is 0.393 e. The molecule has 128 valence electrons. The van der Waals surface area contributed by atoms with Crippen molar-refractivity contribution in [1.29, 1.82) is 0 Å². The highest BCUT2D eigenvalue weighted by molar-refractivity contribution is 5.91. The first-order chi connectivity index (χ1) is 10.5. The van der Waals surface area contributed by atoms with Gasteiger partial charge in [-0.1, -0.05) is 46.0 Å². The molecular formula is C19H34O3. The Morgan fingerprint density at radius 1 is 1.23 bits per heavy atom. The summed E-state index contributed by atoms with van der Waals surface area (Å²) in [5.41, 5.74) is -0.172. The summed E-state index contributed by atoms with van der Waals surface area (Å²) in [5.74, 6) is 0.942. The number of ketones is 1. The fourth-order valence-electron chi connectivity index (χ4n) is 4.52. The van der Waals surface area contributed by atoms with Crippen molar-refractivity contribution in [3.8, 4) is 0 Å². The first kappa shape index (κ1) is 17.9. The molecule has 2 aliphatic rings. The number of hydrogen-bond acceptors (Lipinski definition) is 3. The number of Topliss-reactive ketones (excluding diaryl/α,β-unsaturated/α-hetero) is 1. The van der Waals surface area contributed by atoms with Crippen LogP contribution in [0.4, 0.5) is 0 Å². The smallest absolute Gasteiger partial charge is 0.139 e. The van der Waals surface area contributed by atoms with Gasteiger partial charge in [-0.25, -0.2) is 0 Å². The number of carbonyl (C=O) groups excluding carboxylic acids is 1. The highest BCUT2D eigenvalue weighted by Crippen LogP contribution is 2.56. The quantitative estimate of drug-likeness (QED) is 0.636. The van der Waals surface area contributed by atoms with Crippen LogP contribution in [0.5, 0.6) is 0 Å².